The molecule has 1 fully saturated rings. The first-order chi connectivity index (χ1) is 7.70. The molecule has 1 aromatic carbocycles. The molecule has 1 unspecified atom stereocenters. The number of cyclic esters (lactones) is 1. The fourth-order valence-electron chi connectivity index (χ4n) is 1.63. The Morgan fingerprint density at radius 1 is 1.44 bits per heavy atom. The Morgan fingerprint density at radius 2 is 2.12 bits per heavy atom. The van der Waals surface area contributed by atoms with Crippen LogP contribution >= 0.6 is 11.6 Å². The highest BCUT2D eigenvalue weighted by atomic mass is 35.5. The van der Waals surface area contributed by atoms with Gasteiger partial charge in [-0.25, -0.2) is 4.79 Å². The Morgan fingerprint density at radius 3 is 2.75 bits per heavy atom. The van der Waals surface area contributed by atoms with Crippen molar-refractivity contribution in [3.8, 4) is 0 Å². The summed E-state index contributed by atoms with van der Waals surface area (Å²) in [4.78, 5) is 13.2. The zero-order valence-electron chi connectivity index (χ0n) is 8.73. The quantitative estimate of drug-likeness (QED) is 0.859. The fourth-order valence-corrected chi connectivity index (χ4v) is 1.75. The molecule has 0 spiro atoms. The molecule has 5 heteroatoms. The van der Waals surface area contributed by atoms with E-state index in [1.165, 1.54) is 0 Å². The second kappa shape index (κ2) is 4.72. The Labute approximate surface area is 98.9 Å². The van der Waals surface area contributed by atoms with E-state index in [9.17, 15) is 4.79 Å². The van der Waals surface area contributed by atoms with Crippen molar-refractivity contribution in [3.63, 3.8) is 0 Å². The van der Waals surface area contributed by atoms with E-state index in [-0.39, 0.29) is 12.0 Å². The topological polar surface area (TPSA) is 55.6 Å². The van der Waals surface area contributed by atoms with E-state index in [1.54, 1.807) is 29.2 Å². The average Bonchev–Trinajstić information content (AvgIpc) is 2.31. The van der Waals surface area contributed by atoms with Gasteiger partial charge in [0.25, 0.3) is 0 Å². The van der Waals surface area contributed by atoms with Crippen molar-refractivity contribution < 1.29 is 9.53 Å². The van der Waals surface area contributed by atoms with Gasteiger partial charge in [0, 0.05) is 29.7 Å². The molecule has 0 radical (unpaired) electrons. The summed E-state index contributed by atoms with van der Waals surface area (Å²) in [5, 5.41) is 0.643. The molecule has 0 bridgehead atoms. The minimum atomic E-state index is -0.327. The maximum atomic E-state index is 11.6. The van der Waals surface area contributed by atoms with Gasteiger partial charge in [-0.2, -0.15) is 0 Å². The number of nitrogens with two attached hydrogens (primary N) is 1. The van der Waals surface area contributed by atoms with E-state index >= 15 is 0 Å². The van der Waals surface area contributed by atoms with Crippen LogP contribution in [-0.4, -0.2) is 25.8 Å². The molecule has 86 valence electrons. The number of nitrogens with zero attached hydrogens (tertiary/aromatic N) is 1. The van der Waals surface area contributed by atoms with Crippen molar-refractivity contribution in [3.05, 3.63) is 29.3 Å². The van der Waals surface area contributed by atoms with E-state index < -0.39 is 0 Å². The molecule has 1 heterocycles. The van der Waals surface area contributed by atoms with E-state index in [4.69, 9.17) is 22.1 Å². The maximum Gasteiger partial charge on any atom is 0.414 e. The SMILES string of the molecule is NCC1COC(=O)N(c2ccc(Cl)cc2)C1. The summed E-state index contributed by atoms with van der Waals surface area (Å²) in [6.45, 7) is 1.51. The molecule has 1 amide bonds. The molecule has 1 aromatic rings. The van der Waals surface area contributed by atoms with E-state index in [2.05, 4.69) is 0 Å². The number of hydrogen-bond acceptors (Lipinski definition) is 3. The van der Waals surface area contributed by atoms with Gasteiger partial charge in [0.1, 0.15) is 0 Å². The summed E-state index contributed by atoms with van der Waals surface area (Å²) in [5.41, 5.74) is 6.36. The molecule has 2 rings (SSSR count). The third-order valence-corrected chi connectivity index (χ3v) is 2.83. The van der Waals surface area contributed by atoms with Gasteiger partial charge >= 0.3 is 6.09 Å². The van der Waals surface area contributed by atoms with Gasteiger partial charge in [-0.3, -0.25) is 4.90 Å². The molecule has 1 saturated heterocycles. The molecule has 1 aliphatic heterocycles. The highest BCUT2D eigenvalue weighted by Gasteiger charge is 2.27. The lowest BCUT2D eigenvalue weighted by Crippen LogP contribution is -2.45. The van der Waals surface area contributed by atoms with Crippen LogP contribution in [0.1, 0.15) is 0 Å². The summed E-state index contributed by atoms with van der Waals surface area (Å²) in [6.07, 6.45) is -0.327. The number of anilines is 1. The standard InChI is InChI=1S/C11H13ClN2O2/c12-9-1-3-10(4-2-9)14-6-8(5-13)7-16-11(14)15/h1-4,8H,5-7,13H2. The van der Waals surface area contributed by atoms with Crippen molar-refractivity contribution in [2.24, 2.45) is 11.7 Å². The van der Waals surface area contributed by atoms with Gasteiger partial charge in [0.05, 0.1) is 6.61 Å². The number of rotatable bonds is 2. The second-order valence-corrected chi connectivity index (χ2v) is 4.20. The normalized spacial score (nSPS) is 20.8. The summed E-state index contributed by atoms with van der Waals surface area (Å²) in [7, 11) is 0. The lowest BCUT2D eigenvalue weighted by atomic mass is 10.1. The zero-order valence-corrected chi connectivity index (χ0v) is 9.48. The molecule has 1 aliphatic rings. The first-order valence-corrected chi connectivity index (χ1v) is 5.48. The molecule has 4 nitrogen and oxygen atoms in total. The van der Waals surface area contributed by atoms with Crippen LogP contribution in [0.4, 0.5) is 10.5 Å². The highest BCUT2D eigenvalue weighted by Crippen LogP contribution is 2.22. The third-order valence-electron chi connectivity index (χ3n) is 2.58. The highest BCUT2D eigenvalue weighted by molar-refractivity contribution is 6.30. The summed E-state index contributed by atoms with van der Waals surface area (Å²) in [5.74, 6) is 0.188. The number of amides is 1. The number of carbonyl (C=O) groups is 1. The lowest BCUT2D eigenvalue weighted by Gasteiger charge is -2.31. The molecular weight excluding hydrogens is 228 g/mol. The minimum Gasteiger partial charge on any atom is -0.449 e. The lowest BCUT2D eigenvalue weighted by molar-refractivity contribution is 0.117. The van der Waals surface area contributed by atoms with E-state index in [0.717, 1.165) is 5.69 Å². The van der Waals surface area contributed by atoms with Crippen molar-refractivity contribution in [2.45, 2.75) is 0 Å². The number of carbonyl (C=O) groups excluding carboxylic acids is 1. The molecule has 0 saturated carbocycles. The van der Waals surface area contributed by atoms with Gasteiger partial charge in [0.15, 0.2) is 0 Å². The van der Waals surface area contributed by atoms with Crippen LogP contribution in [0.25, 0.3) is 0 Å². The predicted molar refractivity (Wildman–Crippen MR) is 62.7 cm³/mol. The number of ether oxygens (including phenoxy) is 1. The number of benzene rings is 1. The third kappa shape index (κ3) is 2.28. The number of halogens is 1. The molecular formula is C11H13ClN2O2. The van der Waals surface area contributed by atoms with Crippen LogP contribution in [0.5, 0.6) is 0 Å². The first-order valence-electron chi connectivity index (χ1n) is 5.10. The van der Waals surface area contributed by atoms with Crippen LogP contribution in [0.15, 0.2) is 24.3 Å². The van der Waals surface area contributed by atoms with Gasteiger partial charge in [-0.1, -0.05) is 11.6 Å². The van der Waals surface area contributed by atoms with Crippen molar-refractivity contribution >= 4 is 23.4 Å². The van der Waals surface area contributed by atoms with Crippen LogP contribution in [0, 0.1) is 5.92 Å². The van der Waals surface area contributed by atoms with Crippen LogP contribution in [-0.2, 0) is 4.74 Å². The molecule has 0 aromatic heterocycles. The molecule has 16 heavy (non-hydrogen) atoms. The average molecular weight is 241 g/mol. The van der Waals surface area contributed by atoms with Gasteiger partial charge < -0.3 is 10.5 Å². The first kappa shape index (κ1) is 11.2. The Balaban J connectivity index is 2.17. The van der Waals surface area contributed by atoms with Crippen molar-refractivity contribution in [2.75, 3.05) is 24.6 Å². The summed E-state index contributed by atoms with van der Waals surface area (Å²) < 4.78 is 5.05. The van der Waals surface area contributed by atoms with Gasteiger partial charge in [-0.15, -0.1) is 0 Å². The Kier molecular flexibility index (Phi) is 3.31. The summed E-state index contributed by atoms with van der Waals surface area (Å²) >= 11 is 5.79. The predicted octanol–water partition coefficient (Wildman–Crippen LogP) is 1.87. The van der Waals surface area contributed by atoms with E-state index in [0.29, 0.717) is 24.7 Å². The van der Waals surface area contributed by atoms with Crippen molar-refractivity contribution in [1.29, 1.82) is 0 Å². The Bertz CT molecular complexity index is 380. The molecule has 1 atom stereocenters. The minimum absolute atomic E-state index is 0.188. The second-order valence-electron chi connectivity index (χ2n) is 3.77. The molecule has 0 aliphatic carbocycles. The monoisotopic (exact) mass is 240 g/mol. The molecule has 2 N–H and O–H groups in total. The van der Waals surface area contributed by atoms with Crippen LogP contribution < -0.4 is 10.6 Å². The fraction of sp³-hybridized carbons (Fsp3) is 0.364. The van der Waals surface area contributed by atoms with Crippen LogP contribution in [0.3, 0.4) is 0 Å². The smallest absolute Gasteiger partial charge is 0.414 e. The van der Waals surface area contributed by atoms with Crippen molar-refractivity contribution in [1.82, 2.24) is 0 Å². The van der Waals surface area contributed by atoms with Gasteiger partial charge in [-0.05, 0) is 24.3 Å². The largest absolute Gasteiger partial charge is 0.449 e. The number of hydrogen-bond donors (Lipinski definition) is 1. The van der Waals surface area contributed by atoms with Gasteiger partial charge in [0.2, 0.25) is 0 Å². The summed E-state index contributed by atoms with van der Waals surface area (Å²) in [6, 6.07) is 7.08. The zero-order chi connectivity index (χ0) is 11.5. The Hall–Kier alpha value is -1.26. The maximum absolute atomic E-state index is 11.6. The van der Waals surface area contributed by atoms with E-state index in [1.807, 2.05) is 0 Å². The van der Waals surface area contributed by atoms with Crippen LogP contribution in [0.2, 0.25) is 5.02 Å².